The van der Waals surface area contributed by atoms with E-state index in [0.29, 0.717) is 6.61 Å². The third kappa shape index (κ3) is 9.61. The molecule has 0 fully saturated rings. The van der Waals surface area contributed by atoms with E-state index in [-0.39, 0.29) is 5.41 Å². The lowest BCUT2D eigenvalue weighted by Gasteiger charge is -2.33. The Morgan fingerprint density at radius 1 is 0.842 bits per heavy atom. The molecule has 0 aliphatic heterocycles. The predicted octanol–water partition coefficient (Wildman–Crippen LogP) is 5.18. The van der Waals surface area contributed by atoms with Crippen molar-refractivity contribution in [3.8, 4) is 0 Å². The number of phosphoric ester groups is 1. The standard InChI is InChI=1S/C14H31O4P/c1-10-14(8,9)11-16-19(15,17-12(2,3)4)18-13(5,6)7/h10-11H2,1-9H3. The lowest BCUT2D eigenvalue weighted by molar-refractivity contribution is -0.00739. The summed E-state index contributed by atoms with van der Waals surface area (Å²) in [6.45, 7) is 17.5. The van der Waals surface area contributed by atoms with E-state index in [0.717, 1.165) is 6.42 Å². The van der Waals surface area contributed by atoms with Gasteiger partial charge in [0.1, 0.15) is 0 Å². The summed E-state index contributed by atoms with van der Waals surface area (Å²) in [4.78, 5) is 0. The molecule has 19 heavy (non-hydrogen) atoms. The largest absolute Gasteiger partial charge is 0.475 e. The second kappa shape index (κ2) is 6.26. The predicted molar refractivity (Wildman–Crippen MR) is 79.3 cm³/mol. The van der Waals surface area contributed by atoms with Crippen molar-refractivity contribution in [1.82, 2.24) is 0 Å². The number of rotatable bonds is 6. The molecule has 0 heterocycles. The van der Waals surface area contributed by atoms with Gasteiger partial charge in [0.2, 0.25) is 0 Å². The maximum Gasteiger partial charge on any atom is 0.475 e. The molecule has 0 unspecified atom stereocenters. The van der Waals surface area contributed by atoms with Crippen LogP contribution in [0.4, 0.5) is 0 Å². The first kappa shape index (κ1) is 19.1. The van der Waals surface area contributed by atoms with Gasteiger partial charge in [0.05, 0.1) is 17.8 Å². The SMILES string of the molecule is CCC(C)(C)COP(=O)(OC(C)(C)C)OC(C)(C)C. The van der Waals surface area contributed by atoms with Crippen molar-refractivity contribution in [2.45, 2.75) is 79.9 Å². The van der Waals surface area contributed by atoms with Gasteiger partial charge >= 0.3 is 7.82 Å². The molecule has 0 amide bonds. The molecule has 0 aromatic rings. The molecule has 0 atom stereocenters. The normalized spacial score (nSPS) is 14.8. The van der Waals surface area contributed by atoms with Crippen LogP contribution in [0, 0.1) is 5.41 Å². The van der Waals surface area contributed by atoms with Crippen LogP contribution >= 0.6 is 7.82 Å². The van der Waals surface area contributed by atoms with Gasteiger partial charge in [-0.15, -0.1) is 0 Å². The van der Waals surface area contributed by atoms with E-state index in [1.54, 1.807) is 0 Å². The zero-order valence-corrected chi connectivity index (χ0v) is 14.9. The lowest BCUT2D eigenvalue weighted by Crippen LogP contribution is -2.26. The molecule has 0 rings (SSSR count). The first-order valence-corrected chi connectivity index (χ1v) is 8.30. The Kier molecular flexibility index (Phi) is 6.29. The maximum atomic E-state index is 12.7. The molecule has 116 valence electrons. The Balaban J connectivity index is 4.93. The van der Waals surface area contributed by atoms with Gasteiger partial charge in [-0.2, -0.15) is 0 Å². The van der Waals surface area contributed by atoms with E-state index in [1.807, 2.05) is 41.5 Å². The van der Waals surface area contributed by atoms with Crippen LogP contribution in [0.1, 0.15) is 68.7 Å². The van der Waals surface area contributed by atoms with Gasteiger partial charge in [0, 0.05) is 0 Å². The average molecular weight is 294 g/mol. The van der Waals surface area contributed by atoms with Crippen LogP contribution in [-0.4, -0.2) is 17.8 Å². The summed E-state index contributed by atoms with van der Waals surface area (Å²) in [6, 6.07) is 0. The Bertz CT molecular complexity index is 303. The van der Waals surface area contributed by atoms with Crippen molar-refractivity contribution in [2.75, 3.05) is 6.61 Å². The zero-order valence-electron chi connectivity index (χ0n) is 14.0. The van der Waals surface area contributed by atoms with Gasteiger partial charge < -0.3 is 0 Å². The van der Waals surface area contributed by atoms with E-state index in [1.165, 1.54) is 0 Å². The topological polar surface area (TPSA) is 44.8 Å². The van der Waals surface area contributed by atoms with Crippen LogP contribution in [0.3, 0.4) is 0 Å². The second-order valence-electron chi connectivity index (χ2n) is 7.65. The maximum absolute atomic E-state index is 12.7. The summed E-state index contributed by atoms with van der Waals surface area (Å²) >= 11 is 0. The van der Waals surface area contributed by atoms with Crippen molar-refractivity contribution < 1.29 is 18.1 Å². The van der Waals surface area contributed by atoms with Gasteiger partial charge in [-0.25, -0.2) is 4.57 Å². The summed E-state index contributed by atoms with van der Waals surface area (Å²) in [6.07, 6.45) is 0.929. The highest BCUT2D eigenvalue weighted by Gasteiger charge is 2.38. The molecular formula is C14H31O4P. The molecule has 0 aliphatic rings. The number of hydrogen-bond acceptors (Lipinski definition) is 4. The molecule has 0 spiro atoms. The van der Waals surface area contributed by atoms with Gasteiger partial charge in [-0.3, -0.25) is 13.6 Å². The van der Waals surface area contributed by atoms with Gasteiger partial charge in [0.25, 0.3) is 0 Å². The minimum atomic E-state index is -3.57. The lowest BCUT2D eigenvalue weighted by atomic mass is 9.92. The van der Waals surface area contributed by atoms with Gasteiger partial charge in [0.15, 0.2) is 0 Å². The first-order chi connectivity index (χ1) is 8.18. The molecule has 4 nitrogen and oxygen atoms in total. The summed E-state index contributed by atoms with van der Waals surface area (Å²) in [5.41, 5.74) is -1.23. The third-order valence-electron chi connectivity index (χ3n) is 2.34. The zero-order chi connectivity index (χ0) is 15.5. The van der Waals surface area contributed by atoms with E-state index in [9.17, 15) is 4.57 Å². The Morgan fingerprint density at radius 3 is 1.47 bits per heavy atom. The Hall–Kier alpha value is 0.110. The van der Waals surface area contributed by atoms with E-state index in [2.05, 4.69) is 20.8 Å². The first-order valence-electron chi connectivity index (χ1n) is 6.84. The molecule has 0 saturated carbocycles. The molecule has 0 saturated heterocycles. The molecule has 0 radical (unpaired) electrons. The average Bonchev–Trinajstić information content (AvgIpc) is 2.09. The summed E-state index contributed by atoms with van der Waals surface area (Å²) in [5, 5.41) is 0. The highest BCUT2D eigenvalue weighted by atomic mass is 31.2. The fourth-order valence-electron chi connectivity index (χ4n) is 1.10. The van der Waals surface area contributed by atoms with Crippen LogP contribution in [0.5, 0.6) is 0 Å². The van der Waals surface area contributed by atoms with Crippen molar-refractivity contribution in [3.63, 3.8) is 0 Å². The van der Waals surface area contributed by atoms with Gasteiger partial charge in [-0.1, -0.05) is 20.8 Å². The number of hydrogen-bond donors (Lipinski definition) is 0. The molecule has 0 N–H and O–H groups in total. The van der Waals surface area contributed by atoms with Crippen LogP contribution in [0.15, 0.2) is 0 Å². The molecule has 0 aliphatic carbocycles. The Labute approximate surface area is 118 Å². The van der Waals surface area contributed by atoms with Crippen LogP contribution in [0.2, 0.25) is 0 Å². The van der Waals surface area contributed by atoms with Gasteiger partial charge in [-0.05, 0) is 53.4 Å². The molecule has 0 aromatic carbocycles. The summed E-state index contributed by atoms with van der Waals surface area (Å²) in [5.74, 6) is 0. The fraction of sp³-hybridized carbons (Fsp3) is 1.00. The van der Waals surface area contributed by atoms with Crippen molar-refractivity contribution in [1.29, 1.82) is 0 Å². The molecule has 0 bridgehead atoms. The summed E-state index contributed by atoms with van der Waals surface area (Å²) < 4.78 is 29.4. The van der Waals surface area contributed by atoms with Crippen LogP contribution in [0.25, 0.3) is 0 Å². The molecule has 5 heteroatoms. The smallest absolute Gasteiger partial charge is 0.286 e. The highest BCUT2D eigenvalue weighted by Crippen LogP contribution is 2.56. The van der Waals surface area contributed by atoms with Crippen LogP contribution in [-0.2, 0) is 18.1 Å². The summed E-state index contributed by atoms with van der Waals surface area (Å²) in [7, 11) is -3.57. The van der Waals surface area contributed by atoms with Crippen molar-refractivity contribution in [2.24, 2.45) is 5.41 Å². The fourth-order valence-corrected chi connectivity index (χ4v) is 3.09. The minimum absolute atomic E-state index is 0.0574. The van der Waals surface area contributed by atoms with E-state index < -0.39 is 19.0 Å². The van der Waals surface area contributed by atoms with Crippen molar-refractivity contribution in [3.05, 3.63) is 0 Å². The van der Waals surface area contributed by atoms with Crippen molar-refractivity contribution >= 4 is 7.82 Å². The van der Waals surface area contributed by atoms with E-state index >= 15 is 0 Å². The highest BCUT2D eigenvalue weighted by molar-refractivity contribution is 7.48. The number of phosphoric acid groups is 1. The second-order valence-corrected chi connectivity index (χ2v) is 9.16. The third-order valence-corrected chi connectivity index (χ3v) is 4.33. The monoisotopic (exact) mass is 294 g/mol. The quantitative estimate of drug-likeness (QED) is 0.633. The minimum Gasteiger partial charge on any atom is -0.286 e. The Morgan fingerprint density at radius 2 is 1.21 bits per heavy atom. The van der Waals surface area contributed by atoms with E-state index in [4.69, 9.17) is 13.6 Å². The molecular weight excluding hydrogens is 263 g/mol. The van der Waals surface area contributed by atoms with Crippen LogP contribution < -0.4 is 0 Å². The molecule has 0 aromatic heterocycles.